The molecule has 1 aliphatic rings. The number of ether oxygens (including phenoxy) is 2. The third kappa shape index (κ3) is 2.56. The molecule has 0 aliphatic carbocycles. The molecule has 0 fully saturated rings. The summed E-state index contributed by atoms with van der Waals surface area (Å²) in [5.41, 5.74) is 0.640. The number of hydrogen-bond donors (Lipinski definition) is 1. The number of anilines is 2. The average molecular weight is 292 g/mol. The Labute approximate surface area is 117 Å². The van der Waals surface area contributed by atoms with Crippen LogP contribution in [0.2, 0.25) is 0 Å². The number of nitrogens with one attached hydrogen (secondary N) is 1. The molecule has 0 bridgehead atoms. The Morgan fingerprint density at radius 1 is 1.05 bits per heavy atom. The van der Waals surface area contributed by atoms with Crippen LogP contribution >= 0.6 is 0 Å². The summed E-state index contributed by atoms with van der Waals surface area (Å²) in [7, 11) is 0. The summed E-state index contributed by atoms with van der Waals surface area (Å²) in [5.74, 6) is -0.859. The fraction of sp³-hybridized carbons (Fsp3) is 0.0714. The van der Waals surface area contributed by atoms with Crippen molar-refractivity contribution in [3.05, 3.63) is 47.8 Å². The number of alkyl halides is 2. The van der Waals surface area contributed by atoms with E-state index in [1.807, 2.05) is 6.07 Å². The Hall–Kier alpha value is -2.88. The Balaban J connectivity index is 1.86. The van der Waals surface area contributed by atoms with Crippen LogP contribution in [0.1, 0.15) is 5.56 Å². The number of benzene rings is 2. The highest BCUT2D eigenvalue weighted by atomic mass is 19.3. The van der Waals surface area contributed by atoms with Gasteiger partial charge >= 0.3 is 6.29 Å². The molecule has 21 heavy (non-hydrogen) atoms. The molecule has 0 saturated heterocycles. The minimum atomic E-state index is -3.69. The molecule has 106 valence electrons. The van der Waals surface area contributed by atoms with Crippen LogP contribution < -0.4 is 14.8 Å². The summed E-state index contributed by atoms with van der Waals surface area (Å²) < 4.78 is 48.1. The van der Waals surface area contributed by atoms with Crippen molar-refractivity contribution in [3.8, 4) is 17.6 Å². The second-order valence-corrected chi connectivity index (χ2v) is 4.26. The van der Waals surface area contributed by atoms with Crippen LogP contribution in [0.15, 0.2) is 36.4 Å². The second-order valence-electron chi connectivity index (χ2n) is 4.26. The third-order valence-corrected chi connectivity index (χ3v) is 2.78. The van der Waals surface area contributed by atoms with Gasteiger partial charge in [0, 0.05) is 11.8 Å². The molecule has 0 unspecified atom stereocenters. The highest BCUT2D eigenvalue weighted by Gasteiger charge is 2.43. The summed E-state index contributed by atoms with van der Waals surface area (Å²) >= 11 is 0. The van der Waals surface area contributed by atoms with Gasteiger partial charge in [0.2, 0.25) is 0 Å². The summed E-state index contributed by atoms with van der Waals surface area (Å²) in [4.78, 5) is 0. The maximum Gasteiger partial charge on any atom is 0.586 e. The normalized spacial score (nSPS) is 14.6. The summed E-state index contributed by atoms with van der Waals surface area (Å²) in [6, 6.07) is 9.72. The van der Waals surface area contributed by atoms with Gasteiger partial charge in [-0.25, -0.2) is 4.39 Å². The van der Waals surface area contributed by atoms with E-state index in [1.54, 1.807) is 0 Å². The van der Waals surface area contributed by atoms with Gasteiger partial charge in [-0.1, -0.05) is 0 Å². The maximum absolute atomic E-state index is 13.7. The summed E-state index contributed by atoms with van der Waals surface area (Å²) in [6.07, 6.45) is -3.69. The van der Waals surface area contributed by atoms with E-state index in [-0.39, 0.29) is 22.7 Å². The topological polar surface area (TPSA) is 54.3 Å². The van der Waals surface area contributed by atoms with Crippen LogP contribution in [-0.4, -0.2) is 6.29 Å². The average Bonchev–Trinajstić information content (AvgIpc) is 2.74. The van der Waals surface area contributed by atoms with E-state index >= 15 is 0 Å². The molecule has 2 aromatic carbocycles. The lowest BCUT2D eigenvalue weighted by molar-refractivity contribution is -0.286. The molecule has 2 aromatic rings. The molecule has 7 heteroatoms. The molecule has 1 aliphatic heterocycles. The van der Waals surface area contributed by atoms with Crippen LogP contribution in [0.25, 0.3) is 0 Å². The quantitative estimate of drug-likeness (QED) is 0.915. The molecule has 0 spiro atoms. The van der Waals surface area contributed by atoms with Crippen LogP contribution in [0.4, 0.5) is 24.5 Å². The van der Waals surface area contributed by atoms with Gasteiger partial charge in [-0.2, -0.15) is 5.26 Å². The Kier molecular flexibility index (Phi) is 2.87. The molecule has 0 saturated carbocycles. The Morgan fingerprint density at radius 2 is 1.81 bits per heavy atom. The number of fused-ring (bicyclic) bond motifs is 1. The van der Waals surface area contributed by atoms with Crippen molar-refractivity contribution in [1.82, 2.24) is 0 Å². The molecule has 0 atom stereocenters. The molecular weight excluding hydrogens is 285 g/mol. The van der Waals surface area contributed by atoms with Crippen LogP contribution in [0.3, 0.4) is 0 Å². The van der Waals surface area contributed by atoms with Crippen molar-refractivity contribution in [2.24, 2.45) is 0 Å². The molecule has 1 heterocycles. The lowest BCUT2D eigenvalue weighted by Crippen LogP contribution is -2.25. The van der Waals surface area contributed by atoms with Crippen molar-refractivity contribution in [2.75, 3.05) is 5.32 Å². The number of halogens is 3. The fourth-order valence-corrected chi connectivity index (χ4v) is 1.87. The molecule has 0 amide bonds. The number of nitriles is 1. The van der Waals surface area contributed by atoms with E-state index in [2.05, 4.69) is 14.8 Å². The lowest BCUT2D eigenvalue weighted by Gasteiger charge is -2.08. The molecule has 3 rings (SSSR count). The summed E-state index contributed by atoms with van der Waals surface area (Å²) in [6.45, 7) is 0. The first-order valence-electron chi connectivity index (χ1n) is 5.83. The predicted molar refractivity (Wildman–Crippen MR) is 67.0 cm³/mol. The number of nitrogens with zero attached hydrogens (tertiary/aromatic N) is 1. The van der Waals surface area contributed by atoms with Gasteiger partial charge < -0.3 is 14.8 Å². The molecular formula is C14H7F3N2O2. The smallest absolute Gasteiger partial charge is 0.395 e. The number of rotatable bonds is 2. The first-order valence-corrected chi connectivity index (χ1v) is 5.83. The fourth-order valence-electron chi connectivity index (χ4n) is 1.87. The van der Waals surface area contributed by atoms with Crippen molar-refractivity contribution >= 4 is 11.4 Å². The van der Waals surface area contributed by atoms with E-state index in [9.17, 15) is 13.2 Å². The largest absolute Gasteiger partial charge is 0.586 e. The van der Waals surface area contributed by atoms with E-state index in [0.717, 1.165) is 6.07 Å². The molecule has 0 aromatic heterocycles. The van der Waals surface area contributed by atoms with Crippen LogP contribution in [0.5, 0.6) is 11.5 Å². The van der Waals surface area contributed by atoms with Crippen molar-refractivity contribution in [3.63, 3.8) is 0 Å². The van der Waals surface area contributed by atoms with Gasteiger partial charge in [0.25, 0.3) is 0 Å². The van der Waals surface area contributed by atoms with Gasteiger partial charge in [0.05, 0.1) is 17.3 Å². The van der Waals surface area contributed by atoms with Gasteiger partial charge in [0.15, 0.2) is 11.5 Å². The van der Waals surface area contributed by atoms with Gasteiger partial charge in [-0.05, 0) is 30.3 Å². The van der Waals surface area contributed by atoms with Crippen molar-refractivity contribution in [1.29, 1.82) is 5.26 Å². The zero-order valence-corrected chi connectivity index (χ0v) is 10.4. The minimum absolute atomic E-state index is 0.0918. The maximum atomic E-state index is 13.7. The SMILES string of the molecule is N#Cc1ccc(Nc2ccc3c(c2)OC(F)(F)O3)c(F)c1. The number of hydrogen-bond acceptors (Lipinski definition) is 4. The van der Waals surface area contributed by atoms with Crippen LogP contribution in [-0.2, 0) is 0 Å². The van der Waals surface area contributed by atoms with Gasteiger partial charge in [-0.15, -0.1) is 8.78 Å². The van der Waals surface area contributed by atoms with E-state index < -0.39 is 12.1 Å². The first-order chi connectivity index (χ1) is 9.97. The third-order valence-electron chi connectivity index (χ3n) is 2.78. The van der Waals surface area contributed by atoms with Gasteiger partial charge in [0.1, 0.15) is 5.82 Å². The standard InChI is InChI=1S/C14H7F3N2O2/c15-10-5-8(7-18)1-3-11(10)19-9-2-4-12-13(6-9)21-14(16,17)20-12/h1-6,19H. The molecule has 0 radical (unpaired) electrons. The Bertz CT molecular complexity index is 756. The van der Waals surface area contributed by atoms with Crippen molar-refractivity contribution < 1.29 is 22.6 Å². The Morgan fingerprint density at radius 3 is 2.52 bits per heavy atom. The minimum Gasteiger partial charge on any atom is -0.395 e. The highest BCUT2D eigenvalue weighted by Crippen LogP contribution is 2.42. The molecule has 1 N–H and O–H groups in total. The monoisotopic (exact) mass is 292 g/mol. The van der Waals surface area contributed by atoms with Gasteiger partial charge in [-0.3, -0.25) is 0 Å². The zero-order valence-electron chi connectivity index (χ0n) is 10.4. The van der Waals surface area contributed by atoms with E-state index in [0.29, 0.717) is 5.69 Å². The zero-order chi connectivity index (χ0) is 15.0. The first kappa shape index (κ1) is 13.1. The van der Waals surface area contributed by atoms with E-state index in [4.69, 9.17) is 5.26 Å². The van der Waals surface area contributed by atoms with E-state index in [1.165, 1.54) is 30.3 Å². The summed E-state index contributed by atoms with van der Waals surface area (Å²) in [5, 5.41) is 11.4. The lowest BCUT2D eigenvalue weighted by atomic mass is 10.2. The van der Waals surface area contributed by atoms with Crippen LogP contribution in [0, 0.1) is 17.1 Å². The highest BCUT2D eigenvalue weighted by molar-refractivity contribution is 5.65. The second kappa shape index (κ2) is 4.59. The molecule has 4 nitrogen and oxygen atoms in total. The predicted octanol–water partition coefficient (Wildman–Crippen LogP) is 3.76. The van der Waals surface area contributed by atoms with Crippen molar-refractivity contribution in [2.45, 2.75) is 6.29 Å².